The molecule has 0 saturated heterocycles. The summed E-state index contributed by atoms with van der Waals surface area (Å²) in [6.45, 7) is 0. The second kappa shape index (κ2) is 5.16. The average molecular weight is 270 g/mol. The molecule has 4 nitrogen and oxygen atoms in total. The predicted molar refractivity (Wildman–Crippen MR) is 70.0 cm³/mol. The fourth-order valence-corrected chi connectivity index (χ4v) is 2.29. The van der Waals surface area contributed by atoms with E-state index in [0.717, 1.165) is 19.3 Å². The average Bonchev–Trinajstić information content (AvgIpc) is 2.29. The number of aromatic hydroxyl groups is 1. The molecule has 0 aliphatic heterocycles. The van der Waals surface area contributed by atoms with Crippen molar-refractivity contribution < 1.29 is 14.6 Å². The van der Waals surface area contributed by atoms with E-state index in [-0.39, 0.29) is 22.3 Å². The lowest BCUT2D eigenvalue weighted by Gasteiger charge is -2.39. The van der Waals surface area contributed by atoms with Crippen LogP contribution >= 0.6 is 11.6 Å². The van der Waals surface area contributed by atoms with Crippen molar-refractivity contribution in [2.24, 2.45) is 0 Å². The number of carbonyl (C=O) groups is 1. The van der Waals surface area contributed by atoms with E-state index in [1.165, 1.54) is 12.1 Å². The second-order valence-electron chi connectivity index (χ2n) is 4.63. The van der Waals surface area contributed by atoms with Crippen LogP contribution in [0.4, 0.5) is 5.69 Å². The summed E-state index contributed by atoms with van der Waals surface area (Å²) in [5.41, 5.74) is 0.290. The van der Waals surface area contributed by atoms with Gasteiger partial charge in [0.15, 0.2) is 0 Å². The van der Waals surface area contributed by atoms with Crippen molar-refractivity contribution in [3.8, 4) is 5.75 Å². The van der Waals surface area contributed by atoms with Crippen molar-refractivity contribution in [1.29, 1.82) is 0 Å². The van der Waals surface area contributed by atoms with Gasteiger partial charge in [0.1, 0.15) is 5.75 Å². The molecule has 0 bridgehead atoms. The van der Waals surface area contributed by atoms with Gasteiger partial charge in [-0.25, -0.2) is 0 Å². The molecule has 0 spiro atoms. The highest BCUT2D eigenvalue weighted by Crippen LogP contribution is 2.38. The van der Waals surface area contributed by atoms with E-state index < -0.39 is 0 Å². The number of amides is 1. The highest BCUT2D eigenvalue weighted by molar-refractivity contribution is 6.32. The van der Waals surface area contributed by atoms with Crippen molar-refractivity contribution in [1.82, 2.24) is 0 Å². The van der Waals surface area contributed by atoms with Gasteiger partial charge in [-0.1, -0.05) is 11.6 Å². The lowest BCUT2D eigenvalue weighted by Crippen LogP contribution is -2.42. The van der Waals surface area contributed by atoms with Gasteiger partial charge in [-0.05, 0) is 37.5 Å². The van der Waals surface area contributed by atoms with E-state index in [9.17, 15) is 9.90 Å². The maximum atomic E-state index is 11.9. The number of hydrogen-bond donors (Lipinski definition) is 2. The molecule has 1 aromatic rings. The summed E-state index contributed by atoms with van der Waals surface area (Å²) in [6, 6.07) is 4.59. The van der Waals surface area contributed by atoms with Crippen molar-refractivity contribution in [2.75, 3.05) is 12.4 Å². The quantitative estimate of drug-likeness (QED) is 0.826. The fourth-order valence-electron chi connectivity index (χ4n) is 2.11. The zero-order valence-corrected chi connectivity index (χ0v) is 11.0. The molecule has 5 heteroatoms. The SMILES string of the molecule is COC1(CC(=O)Nc2ccc(O)c(Cl)c2)CCC1. The van der Waals surface area contributed by atoms with E-state index in [1.54, 1.807) is 13.2 Å². The molecule has 0 atom stereocenters. The molecule has 1 fully saturated rings. The highest BCUT2D eigenvalue weighted by Gasteiger charge is 2.38. The fraction of sp³-hybridized carbons (Fsp3) is 0.462. The summed E-state index contributed by atoms with van der Waals surface area (Å²) in [5.74, 6) is -0.0969. The molecular formula is C13H16ClNO3. The Morgan fingerprint density at radius 1 is 1.56 bits per heavy atom. The monoisotopic (exact) mass is 269 g/mol. The molecule has 1 aliphatic rings. The van der Waals surface area contributed by atoms with Crippen LogP contribution in [0.1, 0.15) is 25.7 Å². The van der Waals surface area contributed by atoms with E-state index >= 15 is 0 Å². The first-order chi connectivity index (χ1) is 8.54. The molecule has 1 saturated carbocycles. The molecule has 0 radical (unpaired) electrons. The Morgan fingerprint density at radius 3 is 2.78 bits per heavy atom. The number of carbonyl (C=O) groups excluding carboxylic acids is 1. The van der Waals surface area contributed by atoms with Crippen LogP contribution in [0.3, 0.4) is 0 Å². The number of rotatable bonds is 4. The number of phenols is 1. The third kappa shape index (κ3) is 2.76. The first-order valence-corrected chi connectivity index (χ1v) is 6.26. The Bertz CT molecular complexity index is 452. The number of anilines is 1. The van der Waals surface area contributed by atoms with E-state index in [4.69, 9.17) is 16.3 Å². The number of benzene rings is 1. The Hall–Kier alpha value is -1.26. The van der Waals surface area contributed by atoms with Crippen LogP contribution in [0, 0.1) is 0 Å². The molecule has 0 heterocycles. The summed E-state index contributed by atoms with van der Waals surface area (Å²) in [7, 11) is 1.64. The molecule has 18 heavy (non-hydrogen) atoms. The highest BCUT2D eigenvalue weighted by atomic mass is 35.5. The van der Waals surface area contributed by atoms with Gasteiger partial charge in [-0.3, -0.25) is 4.79 Å². The third-order valence-electron chi connectivity index (χ3n) is 3.41. The van der Waals surface area contributed by atoms with Crippen LogP contribution in [0.5, 0.6) is 5.75 Å². The molecule has 1 aromatic carbocycles. The standard InChI is InChI=1S/C13H16ClNO3/c1-18-13(5-2-6-13)8-12(17)15-9-3-4-11(16)10(14)7-9/h3-4,7,16H,2,5-6,8H2,1H3,(H,15,17). The number of hydrogen-bond acceptors (Lipinski definition) is 3. The molecule has 2 rings (SSSR count). The minimum atomic E-state index is -0.287. The predicted octanol–water partition coefficient (Wildman–Crippen LogP) is 2.94. The number of ether oxygens (including phenoxy) is 1. The van der Waals surface area contributed by atoms with Crippen LogP contribution in [-0.2, 0) is 9.53 Å². The number of nitrogens with one attached hydrogen (secondary N) is 1. The van der Waals surface area contributed by atoms with E-state index in [0.29, 0.717) is 12.1 Å². The Balaban J connectivity index is 1.96. The van der Waals surface area contributed by atoms with Crippen molar-refractivity contribution in [3.05, 3.63) is 23.2 Å². The van der Waals surface area contributed by atoms with Crippen LogP contribution in [0.25, 0.3) is 0 Å². The van der Waals surface area contributed by atoms with E-state index in [2.05, 4.69) is 5.32 Å². The smallest absolute Gasteiger partial charge is 0.227 e. The summed E-state index contributed by atoms with van der Waals surface area (Å²) < 4.78 is 5.40. The van der Waals surface area contributed by atoms with Crippen molar-refractivity contribution >= 4 is 23.2 Å². The number of methoxy groups -OCH3 is 1. The Kier molecular flexibility index (Phi) is 3.78. The molecule has 98 valence electrons. The van der Waals surface area contributed by atoms with Gasteiger partial charge < -0.3 is 15.2 Å². The second-order valence-corrected chi connectivity index (χ2v) is 5.04. The van der Waals surface area contributed by atoms with Crippen LogP contribution in [0.15, 0.2) is 18.2 Å². The van der Waals surface area contributed by atoms with Gasteiger partial charge in [-0.15, -0.1) is 0 Å². The summed E-state index contributed by atoms with van der Waals surface area (Å²) in [6.07, 6.45) is 3.30. The van der Waals surface area contributed by atoms with Gasteiger partial charge in [0, 0.05) is 12.8 Å². The first-order valence-electron chi connectivity index (χ1n) is 5.88. The van der Waals surface area contributed by atoms with Gasteiger partial charge in [0.2, 0.25) is 5.91 Å². The lowest BCUT2D eigenvalue weighted by atomic mass is 9.77. The number of phenolic OH excluding ortho intramolecular Hbond substituents is 1. The maximum Gasteiger partial charge on any atom is 0.227 e. The zero-order valence-electron chi connectivity index (χ0n) is 10.2. The molecule has 0 unspecified atom stereocenters. The zero-order chi connectivity index (χ0) is 13.2. The maximum absolute atomic E-state index is 11.9. The minimum Gasteiger partial charge on any atom is -0.506 e. The summed E-state index contributed by atoms with van der Waals surface area (Å²) in [5, 5.41) is 12.3. The normalized spacial score (nSPS) is 17.0. The Labute approximate surface area is 111 Å². The minimum absolute atomic E-state index is 0.00187. The topological polar surface area (TPSA) is 58.6 Å². The third-order valence-corrected chi connectivity index (χ3v) is 3.71. The summed E-state index contributed by atoms with van der Waals surface area (Å²) >= 11 is 5.77. The lowest BCUT2D eigenvalue weighted by molar-refractivity contribution is -0.129. The molecule has 1 amide bonds. The molecule has 1 aliphatic carbocycles. The van der Waals surface area contributed by atoms with Gasteiger partial charge in [-0.2, -0.15) is 0 Å². The molecule has 0 aromatic heterocycles. The first kappa shape index (κ1) is 13.2. The van der Waals surface area contributed by atoms with Crippen molar-refractivity contribution in [2.45, 2.75) is 31.3 Å². The largest absolute Gasteiger partial charge is 0.506 e. The molecule has 2 N–H and O–H groups in total. The van der Waals surface area contributed by atoms with Gasteiger partial charge in [0.25, 0.3) is 0 Å². The Morgan fingerprint density at radius 2 is 2.28 bits per heavy atom. The van der Waals surface area contributed by atoms with Gasteiger partial charge in [0.05, 0.1) is 17.0 Å². The number of halogens is 1. The van der Waals surface area contributed by atoms with Crippen LogP contribution in [-0.4, -0.2) is 23.7 Å². The molecular weight excluding hydrogens is 254 g/mol. The summed E-state index contributed by atoms with van der Waals surface area (Å²) in [4.78, 5) is 11.9. The van der Waals surface area contributed by atoms with Crippen LogP contribution < -0.4 is 5.32 Å². The van der Waals surface area contributed by atoms with Gasteiger partial charge >= 0.3 is 0 Å². The van der Waals surface area contributed by atoms with Crippen LogP contribution in [0.2, 0.25) is 5.02 Å². The van der Waals surface area contributed by atoms with E-state index in [1.807, 2.05) is 0 Å². The van der Waals surface area contributed by atoms with Crippen molar-refractivity contribution in [3.63, 3.8) is 0 Å².